The van der Waals surface area contributed by atoms with Gasteiger partial charge in [0.15, 0.2) is 0 Å². The maximum atomic E-state index is 11.2. The second-order valence-corrected chi connectivity index (χ2v) is 7.74. The lowest BCUT2D eigenvalue weighted by molar-refractivity contribution is -0.137. The largest absolute Gasteiger partial charge is 0.481 e. The first-order chi connectivity index (χ1) is 10.4. The molecule has 0 aromatic heterocycles. The molecule has 2 N–H and O–H groups in total. The van der Waals surface area contributed by atoms with Crippen LogP contribution in [0.4, 0.5) is 0 Å². The highest BCUT2D eigenvalue weighted by atomic mass is 32.2. The average Bonchev–Trinajstić information content (AvgIpc) is 2.42. The maximum Gasteiger partial charge on any atom is 0.303 e. The van der Waals surface area contributed by atoms with Crippen molar-refractivity contribution in [1.82, 2.24) is 0 Å². The van der Waals surface area contributed by atoms with Gasteiger partial charge in [0.2, 0.25) is 0 Å². The van der Waals surface area contributed by atoms with Crippen molar-refractivity contribution >= 4 is 16.1 Å². The third-order valence-corrected chi connectivity index (χ3v) is 5.29. The Labute approximate surface area is 135 Å². The molecule has 0 radical (unpaired) electrons. The van der Waals surface area contributed by atoms with E-state index in [0.29, 0.717) is 6.42 Å². The van der Waals surface area contributed by atoms with Gasteiger partial charge in [-0.2, -0.15) is 8.42 Å². The van der Waals surface area contributed by atoms with Crippen molar-refractivity contribution in [1.29, 1.82) is 0 Å². The minimum absolute atomic E-state index is 0.00834. The van der Waals surface area contributed by atoms with E-state index in [4.69, 9.17) is 9.66 Å². The number of aliphatic carboxylic acids is 1. The lowest BCUT2D eigenvalue weighted by Crippen LogP contribution is -2.21. The zero-order valence-electron chi connectivity index (χ0n) is 13.8. The molecule has 0 heterocycles. The van der Waals surface area contributed by atoms with E-state index in [1.54, 1.807) is 0 Å². The average molecular weight is 336 g/mol. The summed E-state index contributed by atoms with van der Waals surface area (Å²) in [7, 11) is -4.13. The van der Waals surface area contributed by atoms with Crippen LogP contribution >= 0.6 is 0 Å². The molecule has 132 valence electrons. The molecule has 0 amide bonds. The molecule has 0 aliphatic carbocycles. The summed E-state index contributed by atoms with van der Waals surface area (Å²) in [5.41, 5.74) is 0. The van der Waals surface area contributed by atoms with E-state index in [9.17, 15) is 13.2 Å². The van der Waals surface area contributed by atoms with Crippen LogP contribution < -0.4 is 0 Å². The Kier molecular flexibility index (Phi) is 12.5. The van der Waals surface area contributed by atoms with Gasteiger partial charge in [0, 0.05) is 6.42 Å². The van der Waals surface area contributed by atoms with Crippen LogP contribution in [-0.4, -0.2) is 29.3 Å². The Morgan fingerprint density at radius 3 is 1.73 bits per heavy atom. The first-order valence-electron chi connectivity index (χ1n) is 8.56. The molecule has 0 fully saturated rings. The van der Waals surface area contributed by atoms with Gasteiger partial charge < -0.3 is 5.11 Å². The van der Waals surface area contributed by atoms with Gasteiger partial charge in [-0.05, 0) is 12.8 Å². The molecule has 0 aromatic rings. The molecule has 0 rings (SSSR count). The molecule has 6 heteroatoms. The van der Waals surface area contributed by atoms with Crippen LogP contribution in [0, 0.1) is 0 Å². The molecule has 0 spiro atoms. The Hall–Kier alpha value is -0.620. The standard InChI is InChI=1S/C16H32O5S/c1-2-3-4-5-6-7-8-9-10-11-12-15(22(19,20)21)13-14-16(17)18/h15H,2-14H2,1H3,(H,17,18)(H,19,20,21). The molecule has 1 atom stereocenters. The number of unbranched alkanes of at least 4 members (excludes halogenated alkanes) is 9. The summed E-state index contributed by atoms with van der Waals surface area (Å²) in [6, 6.07) is 0. The predicted octanol–water partition coefficient (Wildman–Crippen LogP) is 4.42. The predicted molar refractivity (Wildman–Crippen MR) is 88.7 cm³/mol. The molecular formula is C16H32O5S. The van der Waals surface area contributed by atoms with Crippen LogP contribution in [0.2, 0.25) is 0 Å². The molecule has 0 aliphatic rings. The quantitative estimate of drug-likeness (QED) is 0.341. The van der Waals surface area contributed by atoms with Gasteiger partial charge in [0.1, 0.15) is 0 Å². The highest BCUT2D eigenvalue weighted by molar-refractivity contribution is 7.86. The third kappa shape index (κ3) is 13.1. The fourth-order valence-electron chi connectivity index (χ4n) is 2.59. The fraction of sp³-hybridized carbons (Fsp3) is 0.938. The second-order valence-electron chi connectivity index (χ2n) is 6.04. The summed E-state index contributed by atoms with van der Waals surface area (Å²) in [5.74, 6) is -1.03. The number of carboxylic acid groups (broad SMARTS) is 1. The summed E-state index contributed by atoms with van der Waals surface area (Å²) in [4.78, 5) is 10.5. The SMILES string of the molecule is CCCCCCCCCCCCC(CCC(=O)O)S(=O)(=O)O. The van der Waals surface area contributed by atoms with E-state index >= 15 is 0 Å². The lowest BCUT2D eigenvalue weighted by Gasteiger charge is -2.12. The van der Waals surface area contributed by atoms with Gasteiger partial charge in [-0.1, -0.05) is 71.1 Å². The molecular weight excluding hydrogens is 304 g/mol. The molecule has 0 bridgehead atoms. The minimum Gasteiger partial charge on any atom is -0.481 e. The Morgan fingerprint density at radius 1 is 0.864 bits per heavy atom. The Morgan fingerprint density at radius 2 is 1.32 bits per heavy atom. The van der Waals surface area contributed by atoms with Crippen LogP contribution in [0.3, 0.4) is 0 Å². The molecule has 0 aromatic carbocycles. The summed E-state index contributed by atoms with van der Waals surface area (Å²) >= 11 is 0. The topological polar surface area (TPSA) is 91.7 Å². The highest BCUT2D eigenvalue weighted by Crippen LogP contribution is 2.17. The van der Waals surface area contributed by atoms with E-state index in [1.165, 1.54) is 38.5 Å². The van der Waals surface area contributed by atoms with Crippen molar-refractivity contribution in [3.05, 3.63) is 0 Å². The van der Waals surface area contributed by atoms with Crippen molar-refractivity contribution in [3.63, 3.8) is 0 Å². The van der Waals surface area contributed by atoms with Crippen LogP contribution in [0.15, 0.2) is 0 Å². The summed E-state index contributed by atoms with van der Waals surface area (Å²) in [6.45, 7) is 2.20. The first kappa shape index (κ1) is 21.4. The smallest absolute Gasteiger partial charge is 0.303 e. The normalized spacial score (nSPS) is 13.2. The van der Waals surface area contributed by atoms with Crippen LogP contribution in [0.1, 0.15) is 90.4 Å². The Bertz CT molecular complexity index is 378. The summed E-state index contributed by atoms with van der Waals surface area (Å²) in [5, 5.41) is 7.66. The first-order valence-corrected chi connectivity index (χ1v) is 10.1. The van der Waals surface area contributed by atoms with Crippen LogP contribution in [0.5, 0.6) is 0 Å². The van der Waals surface area contributed by atoms with Gasteiger partial charge in [-0.3, -0.25) is 9.35 Å². The highest BCUT2D eigenvalue weighted by Gasteiger charge is 2.23. The number of carbonyl (C=O) groups is 1. The van der Waals surface area contributed by atoms with Crippen molar-refractivity contribution in [2.24, 2.45) is 0 Å². The second kappa shape index (κ2) is 12.9. The van der Waals surface area contributed by atoms with Gasteiger partial charge >= 0.3 is 5.97 Å². The molecule has 0 saturated carbocycles. The molecule has 0 saturated heterocycles. The molecule has 22 heavy (non-hydrogen) atoms. The zero-order chi connectivity index (χ0) is 16.8. The monoisotopic (exact) mass is 336 g/mol. The van der Waals surface area contributed by atoms with Crippen LogP contribution in [0.25, 0.3) is 0 Å². The van der Waals surface area contributed by atoms with E-state index in [1.807, 2.05) is 0 Å². The van der Waals surface area contributed by atoms with Gasteiger partial charge in [0.05, 0.1) is 5.25 Å². The van der Waals surface area contributed by atoms with E-state index < -0.39 is 21.3 Å². The Balaban J connectivity index is 3.66. The molecule has 5 nitrogen and oxygen atoms in total. The van der Waals surface area contributed by atoms with Crippen molar-refractivity contribution in [2.75, 3.05) is 0 Å². The fourth-order valence-corrected chi connectivity index (χ4v) is 3.47. The van der Waals surface area contributed by atoms with E-state index in [-0.39, 0.29) is 12.8 Å². The van der Waals surface area contributed by atoms with Crippen LogP contribution in [-0.2, 0) is 14.9 Å². The molecule has 0 aliphatic heterocycles. The number of hydrogen-bond donors (Lipinski definition) is 2. The maximum absolute atomic E-state index is 11.2. The summed E-state index contributed by atoms with van der Waals surface area (Å²) < 4.78 is 31.5. The number of carboxylic acids is 1. The zero-order valence-corrected chi connectivity index (χ0v) is 14.6. The van der Waals surface area contributed by atoms with E-state index in [2.05, 4.69) is 6.92 Å². The third-order valence-electron chi connectivity index (χ3n) is 3.98. The van der Waals surface area contributed by atoms with Crippen molar-refractivity contribution < 1.29 is 22.9 Å². The number of rotatable bonds is 15. The van der Waals surface area contributed by atoms with Gasteiger partial charge in [-0.15, -0.1) is 0 Å². The van der Waals surface area contributed by atoms with Gasteiger partial charge in [-0.25, -0.2) is 0 Å². The van der Waals surface area contributed by atoms with Gasteiger partial charge in [0.25, 0.3) is 10.1 Å². The van der Waals surface area contributed by atoms with E-state index in [0.717, 1.165) is 25.7 Å². The minimum atomic E-state index is -4.13. The number of hydrogen-bond acceptors (Lipinski definition) is 3. The lowest BCUT2D eigenvalue weighted by atomic mass is 10.0. The summed E-state index contributed by atoms with van der Waals surface area (Å²) in [6.07, 6.45) is 11.7. The molecule has 1 unspecified atom stereocenters. The van der Waals surface area contributed by atoms with Crippen molar-refractivity contribution in [2.45, 2.75) is 95.6 Å². The van der Waals surface area contributed by atoms with Crippen molar-refractivity contribution in [3.8, 4) is 0 Å².